The van der Waals surface area contributed by atoms with Gasteiger partial charge in [-0.2, -0.15) is 0 Å². The van der Waals surface area contributed by atoms with E-state index >= 15 is 0 Å². The summed E-state index contributed by atoms with van der Waals surface area (Å²) < 4.78 is 5.18. The minimum absolute atomic E-state index is 0.311. The number of aryl methyl sites for hydroxylation is 1. The maximum Gasteiger partial charge on any atom is 0.324 e. The Morgan fingerprint density at radius 1 is 1.45 bits per heavy atom. The first-order valence-electron chi connectivity index (χ1n) is 5.97. The van der Waals surface area contributed by atoms with Crippen molar-refractivity contribution < 1.29 is 9.53 Å². The molecule has 0 aliphatic rings. The molecule has 0 bridgehead atoms. The van der Waals surface area contributed by atoms with Crippen molar-refractivity contribution in [3.05, 3.63) is 29.0 Å². The van der Waals surface area contributed by atoms with Crippen LogP contribution in [0.3, 0.4) is 0 Å². The van der Waals surface area contributed by atoms with Crippen molar-refractivity contribution in [1.82, 2.24) is 15.2 Å². The summed E-state index contributed by atoms with van der Waals surface area (Å²) in [6.07, 6.45) is 1.58. The zero-order valence-corrected chi connectivity index (χ0v) is 11.8. The van der Waals surface area contributed by atoms with E-state index in [2.05, 4.69) is 25.8 Å². The number of aromatic amines is 1. The molecule has 3 N–H and O–H groups in total. The number of nitrogens with zero attached hydrogens (tertiary/aromatic N) is 2. The molecule has 0 aliphatic heterocycles. The van der Waals surface area contributed by atoms with Gasteiger partial charge in [-0.05, 0) is 25.5 Å². The highest BCUT2D eigenvalue weighted by Gasteiger charge is 2.08. The lowest BCUT2D eigenvalue weighted by Gasteiger charge is -2.08. The predicted octanol–water partition coefficient (Wildman–Crippen LogP) is 2.81. The number of halogens is 1. The molecule has 0 saturated heterocycles. The Hall–Kier alpha value is -2.28. The first kappa shape index (κ1) is 14.1. The molecule has 0 fully saturated rings. The van der Waals surface area contributed by atoms with Gasteiger partial charge in [0, 0.05) is 18.0 Å². The predicted molar refractivity (Wildman–Crippen MR) is 76.4 cm³/mol. The van der Waals surface area contributed by atoms with Gasteiger partial charge in [0.15, 0.2) is 0 Å². The number of amides is 2. The van der Waals surface area contributed by atoms with E-state index in [1.54, 1.807) is 18.3 Å². The van der Waals surface area contributed by atoms with Gasteiger partial charge in [0.25, 0.3) is 0 Å². The third-order valence-corrected chi connectivity index (χ3v) is 2.62. The number of urea groups is 1. The molecule has 2 aromatic heterocycles. The largest absolute Gasteiger partial charge is 0.477 e. The molecular formula is C12H14ClN5O2. The second-order valence-electron chi connectivity index (χ2n) is 3.95. The van der Waals surface area contributed by atoms with Crippen LogP contribution in [-0.2, 0) is 0 Å². The van der Waals surface area contributed by atoms with Crippen LogP contribution in [0.5, 0.6) is 5.88 Å². The molecule has 0 radical (unpaired) electrons. The second-order valence-corrected chi connectivity index (χ2v) is 4.34. The number of rotatable bonds is 4. The SMILES string of the molecule is CCOc1cc(NC(=O)Nc2cc(Cl)ncc2C)[nH]n1. The number of pyridine rings is 1. The van der Waals surface area contributed by atoms with E-state index in [9.17, 15) is 4.79 Å². The number of ether oxygens (including phenoxy) is 1. The van der Waals surface area contributed by atoms with Crippen molar-refractivity contribution in [2.75, 3.05) is 17.2 Å². The number of H-pyrrole nitrogens is 1. The highest BCUT2D eigenvalue weighted by Crippen LogP contribution is 2.18. The van der Waals surface area contributed by atoms with Crippen molar-refractivity contribution in [2.24, 2.45) is 0 Å². The summed E-state index contributed by atoms with van der Waals surface area (Å²) in [7, 11) is 0. The summed E-state index contributed by atoms with van der Waals surface area (Å²) in [5.74, 6) is 0.856. The van der Waals surface area contributed by atoms with Crippen molar-refractivity contribution in [1.29, 1.82) is 0 Å². The van der Waals surface area contributed by atoms with Gasteiger partial charge in [-0.25, -0.2) is 9.78 Å². The molecule has 0 unspecified atom stereocenters. The fourth-order valence-corrected chi connectivity index (χ4v) is 1.66. The smallest absolute Gasteiger partial charge is 0.324 e. The van der Waals surface area contributed by atoms with Crippen LogP contribution in [0.15, 0.2) is 18.3 Å². The number of carbonyl (C=O) groups excluding carboxylic acids is 1. The van der Waals surface area contributed by atoms with Crippen molar-refractivity contribution >= 4 is 29.1 Å². The summed E-state index contributed by atoms with van der Waals surface area (Å²) >= 11 is 5.78. The van der Waals surface area contributed by atoms with Crippen LogP contribution in [0.25, 0.3) is 0 Å². The monoisotopic (exact) mass is 295 g/mol. The average molecular weight is 296 g/mol. The molecule has 0 spiro atoms. The number of nitrogens with one attached hydrogen (secondary N) is 3. The lowest BCUT2D eigenvalue weighted by molar-refractivity contribution is 0.262. The second kappa shape index (κ2) is 6.25. The standard InChI is InChI=1S/C12H14ClN5O2/c1-3-20-11-5-10(17-18-11)16-12(19)15-8-4-9(13)14-6-7(8)2/h4-6H,3H2,1-2H3,(H3,14,15,16,17,18,19). The van der Waals surface area contributed by atoms with Crippen LogP contribution in [0.2, 0.25) is 5.15 Å². The van der Waals surface area contributed by atoms with E-state index in [1.807, 2.05) is 13.8 Å². The molecule has 8 heteroatoms. The molecular weight excluding hydrogens is 282 g/mol. The van der Waals surface area contributed by atoms with Gasteiger partial charge in [-0.1, -0.05) is 11.6 Å². The fraction of sp³-hybridized carbons (Fsp3) is 0.250. The van der Waals surface area contributed by atoms with E-state index in [0.717, 1.165) is 5.56 Å². The topological polar surface area (TPSA) is 91.9 Å². The number of carbonyl (C=O) groups is 1. The molecule has 0 aromatic carbocycles. The molecule has 7 nitrogen and oxygen atoms in total. The van der Waals surface area contributed by atoms with Gasteiger partial charge in [0.05, 0.1) is 6.61 Å². The Labute approximate surface area is 120 Å². The zero-order valence-electron chi connectivity index (χ0n) is 11.0. The van der Waals surface area contributed by atoms with Gasteiger partial charge in [-0.3, -0.25) is 10.4 Å². The van der Waals surface area contributed by atoms with Crippen molar-refractivity contribution in [3.63, 3.8) is 0 Å². The fourth-order valence-electron chi connectivity index (χ4n) is 1.50. The summed E-state index contributed by atoms with van der Waals surface area (Å²) in [5, 5.41) is 12.1. The van der Waals surface area contributed by atoms with Crippen molar-refractivity contribution in [3.8, 4) is 5.88 Å². The summed E-state index contributed by atoms with van der Waals surface area (Å²) in [6.45, 7) is 4.18. The van der Waals surface area contributed by atoms with E-state index in [1.165, 1.54) is 0 Å². The number of hydrogen-bond acceptors (Lipinski definition) is 4. The van der Waals surface area contributed by atoms with Gasteiger partial charge in [-0.15, -0.1) is 5.10 Å². The molecule has 2 amide bonds. The maximum atomic E-state index is 11.8. The van der Waals surface area contributed by atoms with E-state index in [-0.39, 0.29) is 0 Å². The average Bonchev–Trinajstić information content (AvgIpc) is 2.81. The molecule has 0 saturated carbocycles. The van der Waals surface area contributed by atoms with Crippen LogP contribution in [-0.4, -0.2) is 27.8 Å². The Bertz CT molecular complexity index is 614. The molecule has 0 aliphatic carbocycles. The molecule has 2 heterocycles. The summed E-state index contributed by atoms with van der Waals surface area (Å²) in [4.78, 5) is 15.8. The maximum absolute atomic E-state index is 11.8. The zero-order chi connectivity index (χ0) is 14.5. The Balaban J connectivity index is 1.99. The molecule has 106 valence electrons. The molecule has 20 heavy (non-hydrogen) atoms. The molecule has 2 aromatic rings. The van der Waals surface area contributed by atoms with Gasteiger partial charge in [0.2, 0.25) is 5.88 Å². The molecule has 0 atom stereocenters. The van der Waals surface area contributed by atoms with Gasteiger partial charge >= 0.3 is 6.03 Å². The van der Waals surface area contributed by atoms with Crippen molar-refractivity contribution in [2.45, 2.75) is 13.8 Å². The highest BCUT2D eigenvalue weighted by molar-refractivity contribution is 6.29. The summed E-state index contributed by atoms with van der Waals surface area (Å²) in [5.41, 5.74) is 1.40. The van der Waals surface area contributed by atoms with E-state index < -0.39 is 6.03 Å². The minimum Gasteiger partial charge on any atom is -0.477 e. The number of anilines is 2. The molecule has 2 rings (SSSR count). The minimum atomic E-state index is -0.415. The Kier molecular flexibility index (Phi) is 4.41. The normalized spacial score (nSPS) is 10.2. The van der Waals surface area contributed by atoms with E-state index in [4.69, 9.17) is 16.3 Å². The third kappa shape index (κ3) is 3.61. The lowest BCUT2D eigenvalue weighted by Crippen LogP contribution is -2.20. The Morgan fingerprint density at radius 3 is 3.00 bits per heavy atom. The van der Waals surface area contributed by atoms with Crippen LogP contribution in [0, 0.1) is 6.92 Å². The number of aromatic nitrogens is 3. The quantitative estimate of drug-likeness (QED) is 0.756. The third-order valence-electron chi connectivity index (χ3n) is 2.41. The summed E-state index contributed by atoms with van der Waals surface area (Å²) in [6, 6.07) is 2.76. The Morgan fingerprint density at radius 2 is 2.25 bits per heavy atom. The lowest BCUT2D eigenvalue weighted by atomic mass is 10.2. The van der Waals surface area contributed by atoms with Crippen LogP contribution in [0.1, 0.15) is 12.5 Å². The highest BCUT2D eigenvalue weighted by atomic mass is 35.5. The van der Waals surface area contributed by atoms with E-state index in [0.29, 0.717) is 29.1 Å². The van der Waals surface area contributed by atoms with Gasteiger partial charge in [0.1, 0.15) is 11.0 Å². The van der Waals surface area contributed by atoms with Gasteiger partial charge < -0.3 is 10.1 Å². The first-order chi connectivity index (χ1) is 9.58. The first-order valence-corrected chi connectivity index (χ1v) is 6.34. The van der Waals surface area contributed by atoms with Crippen LogP contribution in [0.4, 0.5) is 16.3 Å². The number of hydrogen-bond donors (Lipinski definition) is 3. The van der Waals surface area contributed by atoms with Crippen LogP contribution >= 0.6 is 11.6 Å². The van der Waals surface area contributed by atoms with Crippen LogP contribution < -0.4 is 15.4 Å².